The molecule has 0 radical (unpaired) electrons. The molecule has 6 nitrogen and oxygen atoms in total. The van der Waals surface area contributed by atoms with Crippen molar-refractivity contribution in [2.24, 2.45) is 10.9 Å². The van der Waals surface area contributed by atoms with Crippen LogP contribution in [-0.4, -0.2) is 24.1 Å². The predicted molar refractivity (Wildman–Crippen MR) is 95.6 cm³/mol. The van der Waals surface area contributed by atoms with Crippen LogP contribution in [0.4, 0.5) is 16.2 Å². The quantitative estimate of drug-likeness (QED) is 0.657. The normalized spacial score (nSPS) is 17.9. The molecule has 0 aromatic heterocycles. The number of urea groups is 1. The van der Waals surface area contributed by atoms with E-state index in [1.165, 1.54) is 18.3 Å². The Morgan fingerprint density at radius 2 is 1.72 bits per heavy atom. The molecule has 0 unspecified atom stereocenters. The lowest BCUT2D eigenvalue weighted by atomic mass is 10.1. The van der Waals surface area contributed by atoms with Gasteiger partial charge in [0.25, 0.3) is 5.91 Å². The topological polar surface area (TPSA) is 78.8 Å². The van der Waals surface area contributed by atoms with Gasteiger partial charge in [-0.2, -0.15) is 0 Å². The van der Waals surface area contributed by atoms with Gasteiger partial charge >= 0.3 is 6.03 Å². The van der Waals surface area contributed by atoms with Crippen molar-refractivity contribution in [3.63, 3.8) is 0 Å². The molecule has 25 heavy (non-hydrogen) atoms. The molecule has 1 N–H and O–H groups in total. The van der Waals surface area contributed by atoms with Gasteiger partial charge in [-0.3, -0.25) is 19.9 Å². The van der Waals surface area contributed by atoms with E-state index in [2.05, 4.69) is 10.3 Å². The Kier molecular flexibility index (Phi) is 4.83. The predicted octanol–water partition coefficient (Wildman–Crippen LogP) is 3.59. The van der Waals surface area contributed by atoms with Gasteiger partial charge in [0.05, 0.1) is 11.4 Å². The van der Waals surface area contributed by atoms with Crippen LogP contribution >= 0.6 is 23.2 Å². The summed E-state index contributed by atoms with van der Waals surface area (Å²) in [4.78, 5) is 41.7. The summed E-state index contributed by atoms with van der Waals surface area (Å²) in [7, 11) is 0. The van der Waals surface area contributed by atoms with E-state index in [9.17, 15) is 14.4 Å². The Labute approximate surface area is 153 Å². The van der Waals surface area contributed by atoms with Crippen LogP contribution < -0.4 is 10.2 Å². The molecule has 8 heteroatoms. The highest BCUT2D eigenvalue weighted by Gasteiger charge is 2.40. The number of barbiturate groups is 1. The molecule has 0 aliphatic carbocycles. The fourth-order valence-corrected chi connectivity index (χ4v) is 2.58. The second-order valence-corrected chi connectivity index (χ2v) is 6.05. The lowest BCUT2D eigenvalue weighted by Gasteiger charge is -2.28. The maximum Gasteiger partial charge on any atom is 0.335 e. The van der Waals surface area contributed by atoms with Crippen LogP contribution in [0.1, 0.15) is 0 Å². The molecule has 1 fully saturated rings. The maximum absolute atomic E-state index is 12.6. The summed E-state index contributed by atoms with van der Waals surface area (Å²) in [5.74, 6) is -2.65. The van der Waals surface area contributed by atoms with Gasteiger partial charge in [-0.25, -0.2) is 9.69 Å². The number of benzene rings is 2. The molecule has 0 spiro atoms. The van der Waals surface area contributed by atoms with E-state index in [-0.39, 0.29) is 0 Å². The van der Waals surface area contributed by atoms with Gasteiger partial charge in [0, 0.05) is 16.3 Å². The number of carbonyl (C=O) groups is 3. The van der Waals surface area contributed by atoms with Gasteiger partial charge < -0.3 is 0 Å². The first-order chi connectivity index (χ1) is 12.0. The summed E-state index contributed by atoms with van der Waals surface area (Å²) in [6, 6.07) is 11.9. The van der Waals surface area contributed by atoms with Gasteiger partial charge in [-0.1, -0.05) is 29.3 Å². The minimum absolute atomic E-state index is 0.306. The number of imide groups is 2. The molecular formula is C17H11Cl2N3O3. The van der Waals surface area contributed by atoms with Crippen LogP contribution in [-0.2, 0) is 9.59 Å². The molecule has 1 aliphatic rings. The molecule has 4 amide bonds. The lowest BCUT2D eigenvalue weighted by Crippen LogP contribution is -2.58. The zero-order chi connectivity index (χ0) is 18.0. The second kappa shape index (κ2) is 7.04. The number of anilines is 1. The number of hydrogen-bond donors (Lipinski definition) is 1. The molecule has 126 valence electrons. The number of rotatable bonds is 3. The van der Waals surface area contributed by atoms with Crippen molar-refractivity contribution >= 4 is 58.6 Å². The van der Waals surface area contributed by atoms with E-state index in [1.54, 1.807) is 36.4 Å². The zero-order valence-corrected chi connectivity index (χ0v) is 14.2. The summed E-state index contributed by atoms with van der Waals surface area (Å²) in [5, 5.41) is 3.09. The van der Waals surface area contributed by atoms with E-state index >= 15 is 0 Å². The molecule has 2 aromatic carbocycles. The number of aliphatic imine (C=N–C) groups is 1. The van der Waals surface area contributed by atoms with Crippen molar-refractivity contribution in [3.8, 4) is 0 Å². The van der Waals surface area contributed by atoms with Crippen molar-refractivity contribution in [2.45, 2.75) is 0 Å². The third kappa shape index (κ3) is 3.70. The third-order valence-corrected chi connectivity index (χ3v) is 3.95. The lowest BCUT2D eigenvalue weighted by molar-refractivity contribution is -0.131. The SMILES string of the molecule is O=C1NC(=O)N(c2ccc(Cl)cc2)C(=O)[C@@H]1C=Nc1cccc(Cl)c1. The number of amides is 4. The first kappa shape index (κ1) is 17.1. The van der Waals surface area contributed by atoms with E-state index in [0.29, 0.717) is 21.4 Å². The van der Waals surface area contributed by atoms with Crippen molar-refractivity contribution in [3.05, 3.63) is 58.6 Å². The summed E-state index contributed by atoms with van der Waals surface area (Å²) in [6.45, 7) is 0. The fourth-order valence-electron chi connectivity index (χ4n) is 2.27. The van der Waals surface area contributed by atoms with Crippen LogP contribution in [0, 0.1) is 5.92 Å². The standard InChI is InChI=1S/C17H11Cl2N3O3/c18-10-4-6-13(7-5-10)22-16(24)14(15(23)21-17(22)25)9-20-12-3-1-2-11(19)8-12/h1-9,14H,(H,21,23,25)/t14-/m1/s1. The molecular weight excluding hydrogens is 365 g/mol. The van der Waals surface area contributed by atoms with Crippen LogP contribution in [0.5, 0.6) is 0 Å². The highest BCUT2D eigenvalue weighted by Crippen LogP contribution is 2.23. The van der Waals surface area contributed by atoms with Crippen LogP contribution in [0.25, 0.3) is 0 Å². The first-order valence-corrected chi connectivity index (χ1v) is 7.95. The Morgan fingerprint density at radius 3 is 2.40 bits per heavy atom. The Morgan fingerprint density at radius 1 is 1.00 bits per heavy atom. The zero-order valence-electron chi connectivity index (χ0n) is 12.6. The minimum atomic E-state index is -1.23. The monoisotopic (exact) mass is 375 g/mol. The molecule has 0 saturated carbocycles. The van der Waals surface area contributed by atoms with E-state index in [1.807, 2.05) is 0 Å². The first-order valence-electron chi connectivity index (χ1n) is 7.20. The largest absolute Gasteiger partial charge is 0.335 e. The van der Waals surface area contributed by atoms with Gasteiger partial charge in [0.15, 0.2) is 5.92 Å². The molecule has 0 bridgehead atoms. The Hall–Kier alpha value is -2.70. The van der Waals surface area contributed by atoms with Gasteiger partial charge in [-0.05, 0) is 42.5 Å². The van der Waals surface area contributed by atoms with Crippen LogP contribution in [0.2, 0.25) is 10.0 Å². The molecule has 2 aromatic rings. The Bertz CT molecular complexity index is 881. The van der Waals surface area contributed by atoms with Crippen LogP contribution in [0.3, 0.4) is 0 Å². The van der Waals surface area contributed by atoms with Gasteiger partial charge in [0.2, 0.25) is 5.91 Å². The molecule has 1 aliphatic heterocycles. The third-order valence-electron chi connectivity index (χ3n) is 3.47. The van der Waals surface area contributed by atoms with Gasteiger partial charge in [0.1, 0.15) is 0 Å². The summed E-state index contributed by atoms with van der Waals surface area (Å²) < 4.78 is 0. The number of hydrogen-bond acceptors (Lipinski definition) is 4. The van der Waals surface area contributed by atoms with Crippen molar-refractivity contribution < 1.29 is 14.4 Å². The van der Waals surface area contributed by atoms with E-state index in [4.69, 9.17) is 23.2 Å². The minimum Gasteiger partial charge on any atom is -0.276 e. The molecule has 1 saturated heterocycles. The van der Waals surface area contributed by atoms with E-state index < -0.39 is 23.8 Å². The molecule has 3 rings (SSSR count). The highest BCUT2D eigenvalue weighted by atomic mass is 35.5. The smallest absolute Gasteiger partial charge is 0.276 e. The summed E-state index contributed by atoms with van der Waals surface area (Å²) in [6.07, 6.45) is 1.19. The summed E-state index contributed by atoms with van der Waals surface area (Å²) in [5.41, 5.74) is 0.795. The fraction of sp³-hybridized carbons (Fsp3) is 0.0588. The molecule has 1 atom stereocenters. The number of nitrogens with zero attached hydrogens (tertiary/aromatic N) is 2. The highest BCUT2D eigenvalue weighted by molar-refractivity contribution is 6.33. The number of nitrogens with one attached hydrogen (secondary N) is 1. The average Bonchev–Trinajstić information content (AvgIpc) is 2.56. The van der Waals surface area contributed by atoms with Gasteiger partial charge in [-0.15, -0.1) is 0 Å². The van der Waals surface area contributed by atoms with E-state index in [0.717, 1.165) is 4.90 Å². The van der Waals surface area contributed by atoms with Crippen LogP contribution in [0.15, 0.2) is 53.5 Å². The van der Waals surface area contributed by atoms with Crippen molar-refractivity contribution in [1.29, 1.82) is 0 Å². The number of carbonyl (C=O) groups excluding carboxylic acids is 3. The maximum atomic E-state index is 12.6. The summed E-state index contributed by atoms with van der Waals surface area (Å²) >= 11 is 11.7. The average molecular weight is 376 g/mol. The molecule has 1 heterocycles. The number of halogens is 2. The Balaban J connectivity index is 1.89. The second-order valence-electron chi connectivity index (χ2n) is 5.18. The van der Waals surface area contributed by atoms with Crippen molar-refractivity contribution in [2.75, 3.05) is 4.90 Å². The van der Waals surface area contributed by atoms with Crippen molar-refractivity contribution in [1.82, 2.24) is 5.32 Å².